The second kappa shape index (κ2) is 9.22. The first-order chi connectivity index (χ1) is 9.72. The first-order valence-electron chi connectivity index (χ1n) is 6.96. The zero-order valence-electron chi connectivity index (χ0n) is 12.6. The third-order valence-corrected chi connectivity index (χ3v) is 5.84. The Morgan fingerprint density at radius 3 is 2.25 bits per heavy atom. The molecular formula is C14H26N2O3Si. The van der Waals surface area contributed by atoms with Crippen LogP contribution in [-0.4, -0.2) is 49.3 Å². The molecule has 114 valence electrons. The van der Waals surface area contributed by atoms with Crippen LogP contribution in [0, 0.1) is 0 Å². The van der Waals surface area contributed by atoms with E-state index in [2.05, 4.69) is 24.4 Å². The fourth-order valence-corrected chi connectivity index (χ4v) is 3.94. The summed E-state index contributed by atoms with van der Waals surface area (Å²) in [5.74, 6) is 0. The molecule has 0 aliphatic heterocycles. The number of benzene rings is 1. The lowest BCUT2D eigenvalue weighted by Gasteiger charge is -2.26. The van der Waals surface area contributed by atoms with Gasteiger partial charge in [0.15, 0.2) is 0 Å². The topological polar surface area (TPSA) is 65.7 Å². The van der Waals surface area contributed by atoms with E-state index in [0.717, 1.165) is 24.7 Å². The van der Waals surface area contributed by atoms with Crippen molar-refractivity contribution >= 4 is 14.0 Å². The summed E-state index contributed by atoms with van der Waals surface area (Å²) in [5, 5.41) is 4.17. The minimum Gasteiger partial charge on any atom is -0.373 e. The second-order valence-corrected chi connectivity index (χ2v) is 7.20. The smallest absolute Gasteiger partial charge is 0.373 e. The normalized spacial score (nSPS) is 11.8. The maximum atomic E-state index is 5.93. The summed E-state index contributed by atoms with van der Waals surface area (Å²) in [6, 6.07) is 8.24. The van der Waals surface area contributed by atoms with Gasteiger partial charge in [0.1, 0.15) is 0 Å². The molecule has 3 N–H and O–H groups in total. The number of rotatable bonds is 10. The van der Waals surface area contributed by atoms with Gasteiger partial charge in [-0.15, -0.1) is 0 Å². The molecular weight excluding hydrogens is 272 g/mol. The Bertz CT molecular complexity index is 369. The van der Waals surface area contributed by atoms with Gasteiger partial charge < -0.3 is 24.3 Å². The first kappa shape index (κ1) is 17.3. The van der Waals surface area contributed by atoms with Crippen LogP contribution in [0.3, 0.4) is 0 Å². The number of nitrogens with one attached hydrogen (secondary N) is 1. The Kier molecular flexibility index (Phi) is 7.97. The van der Waals surface area contributed by atoms with Crippen LogP contribution in [0.25, 0.3) is 0 Å². The van der Waals surface area contributed by atoms with E-state index in [1.54, 1.807) is 14.2 Å². The summed E-state index contributed by atoms with van der Waals surface area (Å²) in [4.78, 5) is 0. The van der Waals surface area contributed by atoms with E-state index in [1.807, 2.05) is 12.1 Å². The molecule has 0 bridgehead atoms. The van der Waals surface area contributed by atoms with Crippen LogP contribution in [0.5, 0.6) is 0 Å². The predicted octanol–water partition coefficient (Wildman–Crippen LogP) is 0.253. The summed E-state index contributed by atoms with van der Waals surface area (Å²) >= 11 is 0. The molecule has 1 aromatic carbocycles. The van der Waals surface area contributed by atoms with Gasteiger partial charge in [0, 0.05) is 39.0 Å². The van der Waals surface area contributed by atoms with Crippen molar-refractivity contribution in [2.24, 2.45) is 5.73 Å². The van der Waals surface area contributed by atoms with Gasteiger partial charge in [-0.1, -0.05) is 31.2 Å². The molecule has 5 nitrogen and oxygen atoms in total. The molecule has 0 aliphatic rings. The van der Waals surface area contributed by atoms with Crippen molar-refractivity contribution in [3.8, 4) is 0 Å². The summed E-state index contributed by atoms with van der Waals surface area (Å²) in [6.07, 6.45) is 1.01. The summed E-state index contributed by atoms with van der Waals surface area (Å²) in [5.41, 5.74) is 6.71. The van der Waals surface area contributed by atoms with Gasteiger partial charge in [0.2, 0.25) is 0 Å². The van der Waals surface area contributed by atoms with Crippen LogP contribution in [0.15, 0.2) is 24.3 Å². The average molecular weight is 298 g/mol. The van der Waals surface area contributed by atoms with Crippen molar-refractivity contribution in [3.63, 3.8) is 0 Å². The highest BCUT2D eigenvalue weighted by Crippen LogP contribution is 2.09. The molecule has 0 unspecified atom stereocenters. The van der Waals surface area contributed by atoms with Crippen molar-refractivity contribution in [2.45, 2.75) is 13.3 Å². The minimum absolute atomic E-state index is 0.531. The van der Waals surface area contributed by atoms with E-state index in [0.29, 0.717) is 13.2 Å². The van der Waals surface area contributed by atoms with Gasteiger partial charge in [0.05, 0.1) is 6.61 Å². The Balaban J connectivity index is 2.68. The molecule has 0 saturated carbocycles. The number of hydrogen-bond donors (Lipinski definition) is 2. The highest BCUT2D eigenvalue weighted by Gasteiger charge is 2.41. The van der Waals surface area contributed by atoms with Crippen molar-refractivity contribution < 1.29 is 13.3 Å². The van der Waals surface area contributed by atoms with Gasteiger partial charge in [-0.3, -0.25) is 0 Å². The van der Waals surface area contributed by atoms with E-state index in [9.17, 15) is 0 Å². The minimum atomic E-state index is -2.79. The third-order valence-electron chi connectivity index (χ3n) is 3.15. The first-order valence-corrected chi connectivity index (χ1v) is 8.69. The van der Waals surface area contributed by atoms with E-state index in [-0.39, 0.29) is 0 Å². The summed E-state index contributed by atoms with van der Waals surface area (Å²) in [7, 11) is 0.485. The molecule has 0 fully saturated rings. The molecule has 20 heavy (non-hydrogen) atoms. The summed E-state index contributed by atoms with van der Waals surface area (Å²) < 4.78 is 17.1. The molecule has 0 saturated heterocycles. The highest BCUT2D eigenvalue weighted by molar-refractivity contribution is 6.75. The predicted molar refractivity (Wildman–Crippen MR) is 83.1 cm³/mol. The lowest BCUT2D eigenvalue weighted by molar-refractivity contribution is 0.114. The van der Waals surface area contributed by atoms with E-state index >= 15 is 0 Å². The Hall–Kier alpha value is -0.763. The monoisotopic (exact) mass is 298 g/mol. The summed E-state index contributed by atoms with van der Waals surface area (Å²) in [6.45, 7) is 4.79. The number of hydrogen-bond acceptors (Lipinski definition) is 5. The largest absolute Gasteiger partial charge is 0.536 e. The molecule has 1 rings (SSSR count). The molecule has 0 aliphatic carbocycles. The van der Waals surface area contributed by atoms with Gasteiger partial charge in [-0.05, 0) is 12.0 Å². The van der Waals surface area contributed by atoms with Crippen LogP contribution in [0.4, 0.5) is 0 Å². The SMILES string of the molecule is CCc1ccc([Si](OC)(OC)OCCNCCN)cc1. The Morgan fingerprint density at radius 2 is 1.75 bits per heavy atom. The zero-order valence-corrected chi connectivity index (χ0v) is 13.6. The molecule has 0 spiro atoms. The van der Waals surface area contributed by atoms with Gasteiger partial charge in [0.25, 0.3) is 0 Å². The van der Waals surface area contributed by atoms with Crippen molar-refractivity contribution in [2.75, 3.05) is 40.5 Å². The number of nitrogens with two attached hydrogens (primary N) is 1. The molecule has 0 aromatic heterocycles. The average Bonchev–Trinajstić information content (AvgIpc) is 2.52. The number of aryl methyl sites for hydroxylation is 1. The molecule has 6 heteroatoms. The molecule has 0 amide bonds. The molecule has 0 radical (unpaired) electrons. The van der Waals surface area contributed by atoms with Crippen LogP contribution >= 0.6 is 0 Å². The van der Waals surface area contributed by atoms with Gasteiger partial charge >= 0.3 is 8.80 Å². The van der Waals surface area contributed by atoms with Crippen molar-refractivity contribution in [1.82, 2.24) is 5.32 Å². The lowest BCUT2D eigenvalue weighted by atomic mass is 10.2. The van der Waals surface area contributed by atoms with Crippen LogP contribution in [0.2, 0.25) is 0 Å². The quantitative estimate of drug-likeness (QED) is 0.479. The van der Waals surface area contributed by atoms with Gasteiger partial charge in [-0.25, -0.2) is 0 Å². The molecule has 0 heterocycles. The maximum absolute atomic E-state index is 5.93. The molecule has 0 atom stereocenters. The maximum Gasteiger partial charge on any atom is 0.536 e. The third kappa shape index (κ3) is 4.66. The van der Waals surface area contributed by atoms with Crippen LogP contribution in [-0.2, 0) is 19.7 Å². The van der Waals surface area contributed by atoms with Gasteiger partial charge in [-0.2, -0.15) is 0 Å². The van der Waals surface area contributed by atoms with Crippen molar-refractivity contribution in [1.29, 1.82) is 0 Å². The van der Waals surface area contributed by atoms with E-state index in [1.165, 1.54) is 5.56 Å². The van der Waals surface area contributed by atoms with Crippen LogP contribution in [0.1, 0.15) is 12.5 Å². The van der Waals surface area contributed by atoms with E-state index < -0.39 is 8.80 Å². The Labute approximate surface area is 122 Å². The van der Waals surface area contributed by atoms with E-state index in [4.69, 9.17) is 19.0 Å². The zero-order chi connectivity index (χ0) is 14.8. The van der Waals surface area contributed by atoms with Crippen LogP contribution < -0.4 is 16.2 Å². The second-order valence-electron chi connectivity index (χ2n) is 4.40. The lowest BCUT2D eigenvalue weighted by Crippen LogP contribution is -2.56. The fourth-order valence-electron chi connectivity index (χ4n) is 1.95. The highest BCUT2D eigenvalue weighted by atomic mass is 28.4. The fraction of sp³-hybridized carbons (Fsp3) is 0.571. The molecule has 1 aromatic rings. The standard InChI is InChI=1S/C14H26N2O3Si/c1-4-13-5-7-14(8-6-13)20(17-2,18-3)19-12-11-16-10-9-15/h5-8,16H,4,9-12,15H2,1-3H3. The van der Waals surface area contributed by atoms with Crippen molar-refractivity contribution in [3.05, 3.63) is 29.8 Å². The Morgan fingerprint density at radius 1 is 1.10 bits per heavy atom.